The number of hydrogen-bond donors (Lipinski definition) is 0. The van der Waals surface area contributed by atoms with Crippen LogP contribution in [0.3, 0.4) is 0 Å². The molecule has 0 bridgehead atoms. The number of benzene rings is 1. The van der Waals surface area contributed by atoms with Gasteiger partial charge in [0, 0.05) is 0 Å². The highest BCUT2D eigenvalue weighted by atomic mass is 35.8. The van der Waals surface area contributed by atoms with Gasteiger partial charge < -0.3 is 4.74 Å². The second-order valence-electron chi connectivity index (χ2n) is 2.91. The molecule has 1 rings (SSSR count). The zero-order valence-corrected chi connectivity index (χ0v) is 11.2. The summed E-state index contributed by atoms with van der Waals surface area (Å²) in [6, 6.07) is 5.73. The minimum absolute atomic E-state index is 0.507. The maximum absolute atomic E-state index is 11.5. The molecule has 0 saturated carbocycles. The van der Waals surface area contributed by atoms with Gasteiger partial charge in [0.2, 0.25) is 0 Å². The minimum Gasteiger partial charge on any atom is -0.469 e. The van der Waals surface area contributed by atoms with E-state index in [2.05, 4.69) is 4.74 Å². The lowest BCUT2D eigenvalue weighted by molar-refractivity contribution is -0.140. The van der Waals surface area contributed by atoms with Crippen LogP contribution in [0.5, 0.6) is 0 Å². The molecule has 6 heteroatoms. The van der Waals surface area contributed by atoms with E-state index in [1.54, 1.807) is 24.3 Å². The van der Waals surface area contributed by atoms with Gasteiger partial charge in [0.25, 0.3) is 0 Å². The van der Waals surface area contributed by atoms with Crippen molar-refractivity contribution in [2.45, 2.75) is 5.54 Å². The zero-order valence-electron chi connectivity index (χ0n) is 7.91. The van der Waals surface area contributed by atoms with E-state index in [0.29, 0.717) is 5.56 Å². The molecule has 82 valence electrons. The van der Waals surface area contributed by atoms with Crippen LogP contribution in [0, 0.1) is 0 Å². The Morgan fingerprint density at radius 3 is 2.20 bits per heavy atom. The summed E-state index contributed by atoms with van der Waals surface area (Å²) in [5, 5.41) is 0. The first-order valence-electron chi connectivity index (χ1n) is 4.16. The fraction of sp³-hybridized carbons (Fsp3) is 0.222. The van der Waals surface area contributed by atoms with E-state index in [4.69, 9.17) is 33.2 Å². The maximum atomic E-state index is 11.5. The lowest BCUT2D eigenvalue weighted by Crippen LogP contribution is -2.31. The van der Waals surface area contributed by atoms with Crippen molar-refractivity contribution in [1.29, 1.82) is 0 Å². The van der Waals surface area contributed by atoms with E-state index in [9.17, 15) is 4.79 Å². The third-order valence-electron chi connectivity index (χ3n) is 1.90. The molecule has 0 saturated heterocycles. The van der Waals surface area contributed by atoms with Crippen molar-refractivity contribution in [2.24, 2.45) is 0 Å². The number of methoxy groups -OCH3 is 1. The third kappa shape index (κ3) is 3.38. The van der Waals surface area contributed by atoms with Crippen LogP contribution < -0.4 is 0 Å². The van der Waals surface area contributed by atoms with Gasteiger partial charge in [0.05, 0.1) is 7.11 Å². The van der Waals surface area contributed by atoms with Crippen LogP contribution in [0.4, 0.5) is 0 Å². The predicted octanol–water partition coefficient (Wildman–Crippen LogP) is 3.14. The zero-order chi connectivity index (χ0) is 11.5. The minimum atomic E-state index is -3.17. The summed E-state index contributed by atoms with van der Waals surface area (Å²) in [5.74, 6) is -0.507. The van der Waals surface area contributed by atoms with E-state index in [1.807, 2.05) is 6.07 Å². The second-order valence-corrected chi connectivity index (χ2v) is 11.7. The highest BCUT2D eigenvalue weighted by Crippen LogP contribution is 2.37. The van der Waals surface area contributed by atoms with E-state index >= 15 is 0 Å². The largest absolute Gasteiger partial charge is 0.469 e. The van der Waals surface area contributed by atoms with Gasteiger partial charge in [-0.15, -0.1) is 33.2 Å². The molecule has 0 fully saturated rings. The molecule has 1 aromatic rings. The first kappa shape index (κ1) is 12.8. The molecule has 0 aromatic heterocycles. The molecule has 2 nitrogen and oxygen atoms in total. The standard InChI is InChI=1S/C9H9Cl3O2Si/c1-14-9(13)8(15(10,11)12)7-5-3-2-4-6-7/h2-6,8H,1H3. The number of carbonyl (C=O) groups excluding carboxylic acids is 1. The van der Waals surface area contributed by atoms with Gasteiger partial charge in [-0.2, -0.15) is 0 Å². The number of ether oxygens (including phenoxy) is 1. The summed E-state index contributed by atoms with van der Waals surface area (Å²) in [4.78, 5) is 11.5. The van der Waals surface area contributed by atoms with Crippen LogP contribution in [0.15, 0.2) is 30.3 Å². The average molecular weight is 284 g/mol. The fourth-order valence-corrected chi connectivity index (χ4v) is 4.11. The first-order chi connectivity index (χ1) is 6.96. The van der Waals surface area contributed by atoms with Crippen LogP contribution in [-0.2, 0) is 9.53 Å². The smallest absolute Gasteiger partial charge is 0.359 e. The van der Waals surface area contributed by atoms with Gasteiger partial charge in [-0.25, -0.2) is 0 Å². The van der Waals surface area contributed by atoms with Crippen LogP contribution in [-0.4, -0.2) is 19.1 Å². The Morgan fingerprint density at radius 2 is 1.80 bits per heavy atom. The molecule has 0 aliphatic carbocycles. The number of esters is 1. The summed E-state index contributed by atoms with van der Waals surface area (Å²) < 4.78 is 4.64. The molecule has 0 aliphatic rings. The summed E-state index contributed by atoms with van der Waals surface area (Å²) >= 11 is 17.6. The molecule has 0 radical (unpaired) electrons. The molecular formula is C9H9Cl3O2Si. The van der Waals surface area contributed by atoms with Crippen LogP contribution in [0.1, 0.15) is 11.1 Å². The Morgan fingerprint density at radius 1 is 1.27 bits per heavy atom. The van der Waals surface area contributed by atoms with Gasteiger partial charge in [-0.3, -0.25) is 4.79 Å². The molecular weight excluding hydrogens is 275 g/mol. The van der Waals surface area contributed by atoms with E-state index in [-0.39, 0.29) is 0 Å². The molecule has 1 unspecified atom stereocenters. The Labute approximate surface area is 103 Å². The Hall–Kier alpha value is -0.223. The summed E-state index contributed by atoms with van der Waals surface area (Å²) in [6.07, 6.45) is 0. The van der Waals surface area contributed by atoms with Gasteiger partial charge in [0.15, 0.2) is 0 Å². The molecule has 0 amide bonds. The third-order valence-corrected chi connectivity index (χ3v) is 5.08. The molecule has 0 spiro atoms. The number of rotatable bonds is 3. The van der Waals surface area contributed by atoms with E-state index in [1.165, 1.54) is 7.11 Å². The lowest BCUT2D eigenvalue weighted by Gasteiger charge is -2.19. The second kappa shape index (κ2) is 5.21. The summed E-state index contributed by atoms with van der Waals surface area (Å²) in [7, 11) is 1.28. The topological polar surface area (TPSA) is 26.3 Å². The van der Waals surface area contributed by atoms with E-state index < -0.39 is 17.5 Å². The lowest BCUT2D eigenvalue weighted by atomic mass is 10.1. The predicted molar refractivity (Wildman–Crippen MR) is 64.5 cm³/mol. The van der Waals surface area contributed by atoms with Crippen LogP contribution in [0.2, 0.25) is 0 Å². The first-order valence-corrected chi connectivity index (χ1v) is 9.27. The average Bonchev–Trinajstić information content (AvgIpc) is 2.17. The molecule has 0 heterocycles. The molecule has 0 aliphatic heterocycles. The summed E-state index contributed by atoms with van der Waals surface area (Å²) in [6.45, 7) is 0. The maximum Gasteiger partial charge on any atom is 0.359 e. The number of hydrogen-bond acceptors (Lipinski definition) is 2. The highest BCUT2D eigenvalue weighted by Gasteiger charge is 2.44. The van der Waals surface area contributed by atoms with Gasteiger partial charge >= 0.3 is 12.0 Å². The molecule has 1 atom stereocenters. The van der Waals surface area contributed by atoms with Crippen molar-refractivity contribution in [3.05, 3.63) is 35.9 Å². The Kier molecular flexibility index (Phi) is 4.46. The number of halogens is 3. The molecule has 1 aromatic carbocycles. The normalized spacial score (nSPS) is 13.3. The molecule has 0 N–H and O–H groups in total. The van der Waals surface area contributed by atoms with Crippen molar-refractivity contribution in [1.82, 2.24) is 0 Å². The monoisotopic (exact) mass is 282 g/mol. The summed E-state index contributed by atoms with van der Waals surface area (Å²) in [5.41, 5.74) is -0.0929. The Balaban J connectivity index is 3.08. The van der Waals surface area contributed by atoms with Gasteiger partial charge in [0.1, 0.15) is 5.54 Å². The Bertz CT molecular complexity index is 337. The molecule has 15 heavy (non-hydrogen) atoms. The van der Waals surface area contributed by atoms with Crippen molar-refractivity contribution in [2.75, 3.05) is 7.11 Å². The van der Waals surface area contributed by atoms with Gasteiger partial charge in [-0.1, -0.05) is 30.3 Å². The highest BCUT2D eigenvalue weighted by molar-refractivity contribution is 7.65. The van der Waals surface area contributed by atoms with Crippen molar-refractivity contribution in [3.63, 3.8) is 0 Å². The van der Waals surface area contributed by atoms with Gasteiger partial charge in [-0.05, 0) is 5.56 Å². The van der Waals surface area contributed by atoms with Crippen molar-refractivity contribution >= 4 is 45.2 Å². The van der Waals surface area contributed by atoms with Crippen molar-refractivity contribution in [3.8, 4) is 0 Å². The fourth-order valence-electron chi connectivity index (χ4n) is 1.22. The SMILES string of the molecule is COC(=O)C(c1ccccc1)[Si](Cl)(Cl)Cl. The van der Waals surface area contributed by atoms with E-state index in [0.717, 1.165) is 0 Å². The quantitative estimate of drug-likeness (QED) is 0.484. The van der Waals surface area contributed by atoms with Crippen LogP contribution >= 0.6 is 33.2 Å². The number of carbonyl (C=O) groups is 1. The van der Waals surface area contributed by atoms with Crippen LogP contribution in [0.25, 0.3) is 0 Å². The van der Waals surface area contributed by atoms with Crippen molar-refractivity contribution < 1.29 is 9.53 Å².